The zero-order chi connectivity index (χ0) is 15.6. The summed E-state index contributed by atoms with van der Waals surface area (Å²) in [6.07, 6.45) is 3.03. The minimum Gasteiger partial charge on any atom is -0.484 e. The molecule has 1 unspecified atom stereocenters. The average molecular weight is 314 g/mol. The number of imidazole rings is 1. The molecule has 0 radical (unpaired) electrons. The molecule has 1 atom stereocenters. The Hall–Kier alpha value is -2.54. The number of piperazine rings is 1. The Labute approximate surface area is 133 Å². The van der Waals surface area contributed by atoms with Gasteiger partial charge in [0, 0.05) is 32.4 Å². The molecule has 0 spiro atoms. The summed E-state index contributed by atoms with van der Waals surface area (Å²) in [5.74, 6) is 1.40. The van der Waals surface area contributed by atoms with E-state index in [1.807, 2.05) is 29.2 Å². The Morgan fingerprint density at radius 1 is 1.22 bits per heavy atom. The van der Waals surface area contributed by atoms with Crippen molar-refractivity contribution in [3.05, 3.63) is 42.5 Å². The first-order valence-corrected chi connectivity index (χ1v) is 7.73. The molecule has 1 fully saturated rings. The van der Waals surface area contributed by atoms with Gasteiger partial charge < -0.3 is 19.7 Å². The normalized spacial score (nSPS) is 20.3. The van der Waals surface area contributed by atoms with E-state index in [1.165, 1.54) is 0 Å². The van der Waals surface area contributed by atoms with Gasteiger partial charge in [-0.2, -0.15) is 0 Å². The number of hydrogen-bond acceptors (Lipinski definition) is 5. The number of fused-ring (bicyclic) bond motifs is 1. The molecule has 1 aromatic heterocycles. The van der Waals surface area contributed by atoms with E-state index in [2.05, 4.69) is 10.3 Å². The Morgan fingerprint density at radius 2 is 2.00 bits per heavy atom. The second-order valence-electron chi connectivity index (χ2n) is 5.58. The highest BCUT2D eigenvalue weighted by molar-refractivity contribution is 5.92. The second-order valence-corrected chi connectivity index (χ2v) is 5.58. The smallest absolute Gasteiger partial charge is 0.274 e. The minimum absolute atomic E-state index is 0.0395. The molecule has 4 rings (SSSR count). The van der Waals surface area contributed by atoms with Gasteiger partial charge in [0.1, 0.15) is 12.3 Å². The molecule has 3 heterocycles. The standard InChI is InChI=1S/C16H18N4O3/c21-16(19-7-5-17-6-8-19)12-9-20(11-18-12)15-10-22-13-3-1-2-4-14(13)23-15/h1-4,9,11,15,17H,5-8,10H2. The summed E-state index contributed by atoms with van der Waals surface area (Å²) >= 11 is 0. The van der Waals surface area contributed by atoms with Crippen molar-refractivity contribution in [2.75, 3.05) is 32.8 Å². The summed E-state index contributed by atoms with van der Waals surface area (Å²) in [5.41, 5.74) is 0.439. The molecule has 0 saturated carbocycles. The number of rotatable bonds is 2. The van der Waals surface area contributed by atoms with E-state index in [9.17, 15) is 4.79 Å². The van der Waals surface area contributed by atoms with Crippen molar-refractivity contribution >= 4 is 5.91 Å². The van der Waals surface area contributed by atoms with Crippen LogP contribution < -0.4 is 14.8 Å². The highest BCUT2D eigenvalue weighted by Crippen LogP contribution is 2.33. The maximum atomic E-state index is 12.4. The Kier molecular flexibility index (Phi) is 3.63. The van der Waals surface area contributed by atoms with Crippen molar-refractivity contribution in [3.63, 3.8) is 0 Å². The van der Waals surface area contributed by atoms with Crippen molar-refractivity contribution in [2.24, 2.45) is 0 Å². The molecule has 2 aliphatic rings. The summed E-state index contributed by atoms with van der Waals surface area (Å²) < 4.78 is 13.4. The minimum atomic E-state index is -0.318. The zero-order valence-corrected chi connectivity index (χ0v) is 12.6. The highest BCUT2D eigenvalue weighted by atomic mass is 16.6. The van der Waals surface area contributed by atoms with Gasteiger partial charge in [-0.15, -0.1) is 0 Å². The second kappa shape index (κ2) is 5.92. The molecule has 120 valence electrons. The number of aromatic nitrogens is 2. The molecule has 1 N–H and O–H groups in total. The van der Waals surface area contributed by atoms with Gasteiger partial charge in [-0.1, -0.05) is 12.1 Å². The van der Waals surface area contributed by atoms with Gasteiger partial charge in [0.15, 0.2) is 11.5 Å². The van der Waals surface area contributed by atoms with Crippen molar-refractivity contribution in [2.45, 2.75) is 6.23 Å². The van der Waals surface area contributed by atoms with E-state index >= 15 is 0 Å². The SMILES string of the molecule is O=C(c1cn(C2COc3ccccc3O2)cn1)N1CCNCC1. The van der Waals surface area contributed by atoms with Crippen LogP contribution in [-0.2, 0) is 0 Å². The molecule has 1 aromatic carbocycles. The monoisotopic (exact) mass is 314 g/mol. The van der Waals surface area contributed by atoms with E-state index in [1.54, 1.807) is 17.1 Å². The number of carbonyl (C=O) groups is 1. The lowest BCUT2D eigenvalue weighted by molar-refractivity contribution is 0.0402. The van der Waals surface area contributed by atoms with Crippen molar-refractivity contribution in [1.29, 1.82) is 0 Å². The van der Waals surface area contributed by atoms with Crippen LogP contribution in [0.25, 0.3) is 0 Å². The van der Waals surface area contributed by atoms with Gasteiger partial charge in [-0.25, -0.2) is 4.98 Å². The van der Waals surface area contributed by atoms with E-state index in [-0.39, 0.29) is 12.1 Å². The lowest BCUT2D eigenvalue weighted by Crippen LogP contribution is -2.46. The van der Waals surface area contributed by atoms with Crippen molar-refractivity contribution in [1.82, 2.24) is 19.8 Å². The van der Waals surface area contributed by atoms with Gasteiger partial charge in [0.2, 0.25) is 6.23 Å². The first-order chi connectivity index (χ1) is 11.3. The summed E-state index contributed by atoms with van der Waals surface area (Å²) in [6, 6.07) is 7.55. The topological polar surface area (TPSA) is 68.6 Å². The molecule has 0 bridgehead atoms. The molecule has 23 heavy (non-hydrogen) atoms. The molecule has 2 aromatic rings. The maximum Gasteiger partial charge on any atom is 0.274 e. The quantitative estimate of drug-likeness (QED) is 0.892. The predicted molar refractivity (Wildman–Crippen MR) is 82.6 cm³/mol. The molecule has 1 amide bonds. The number of carbonyl (C=O) groups excluding carboxylic acids is 1. The first-order valence-electron chi connectivity index (χ1n) is 7.73. The van der Waals surface area contributed by atoms with Gasteiger partial charge in [0.05, 0.1) is 6.33 Å². The van der Waals surface area contributed by atoms with Gasteiger partial charge in [0.25, 0.3) is 5.91 Å². The Morgan fingerprint density at radius 3 is 2.83 bits per heavy atom. The van der Waals surface area contributed by atoms with E-state index in [0.717, 1.165) is 18.8 Å². The summed E-state index contributed by atoms with van der Waals surface area (Å²) in [4.78, 5) is 18.5. The number of ether oxygens (including phenoxy) is 2. The molecular weight excluding hydrogens is 296 g/mol. The van der Waals surface area contributed by atoms with Crippen LogP contribution in [0.4, 0.5) is 0 Å². The molecule has 1 saturated heterocycles. The average Bonchev–Trinajstić information content (AvgIpc) is 3.11. The fourth-order valence-corrected chi connectivity index (χ4v) is 2.79. The number of para-hydroxylation sites is 2. The van der Waals surface area contributed by atoms with Crippen LogP contribution in [-0.4, -0.2) is 53.1 Å². The molecule has 0 aliphatic carbocycles. The van der Waals surface area contributed by atoms with Crippen LogP contribution in [0.2, 0.25) is 0 Å². The van der Waals surface area contributed by atoms with Crippen molar-refractivity contribution < 1.29 is 14.3 Å². The number of benzene rings is 1. The fraction of sp³-hybridized carbons (Fsp3) is 0.375. The highest BCUT2D eigenvalue weighted by Gasteiger charge is 2.25. The fourth-order valence-electron chi connectivity index (χ4n) is 2.79. The van der Waals surface area contributed by atoms with Crippen LogP contribution in [0.15, 0.2) is 36.8 Å². The maximum absolute atomic E-state index is 12.4. The lowest BCUT2D eigenvalue weighted by atomic mass is 10.3. The van der Waals surface area contributed by atoms with Crippen LogP contribution in [0.5, 0.6) is 11.5 Å². The number of nitrogens with one attached hydrogen (secondary N) is 1. The first kappa shape index (κ1) is 14.1. The molecule has 2 aliphatic heterocycles. The number of nitrogens with zero attached hydrogens (tertiary/aromatic N) is 3. The summed E-state index contributed by atoms with van der Waals surface area (Å²) in [6.45, 7) is 3.45. The Balaban J connectivity index is 1.49. The lowest BCUT2D eigenvalue weighted by Gasteiger charge is -2.27. The van der Waals surface area contributed by atoms with Crippen LogP contribution in [0, 0.1) is 0 Å². The zero-order valence-electron chi connectivity index (χ0n) is 12.6. The van der Waals surface area contributed by atoms with Gasteiger partial charge in [-0.05, 0) is 12.1 Å². The third kappa shape index (κ3) is 2.75. The van der Waals surface area contributed by atoms with Gasteiger partial charge in [-0.3, -0.25) is 9.36 Å². The Bertz CT molecular complexity index is 709. The summed E-state index contributed by atoms with van der Waals surface area (Å²) in [5, 5.41) is 3.23. The largest absolute Gasteiger partial charge is 0.484 e. The number of amides is 1. The van der Waals surface area contributed by atoms with Gasteiger partial charge >= 0.3 is 0 Å². The van der Waals surface area contributed by atoms with Crippen LogP contribution >= 0.6 is 0 Å². The van der Waals surface area contributed by atoms with Crippen LogP contribution in [0.1, 0.15) is 16.7 Å². The van der Waals surface area contributed by atoms with Crippen molar-refractivity contribution in [3.8, 4) is 11.5 Å². The molecule has 7 nitrogen and oxygen atoms in total. The van der Waals surface area contributed by atoms with E-state index in [4.69, 9.17) is 9.47 Å². The molecule has 7 heteroatoms. The third-order valence-electron chi connectivity index (χ3n) is 4.05. The summed E-state index contributed by atoms with van der Waals surface area (Å²) in [7, 11) is 0. The number of hydrogen-bond donors (Lipinski definition) is 1. The van der Waals surface area contributed by atoms with Crippen LogP contribution in [0.3, 0.4) is 0 Å². The predicted octanol–water partition coefficient (Wildman–Crippen LogP) is 0.898. The third-order valence-corrected chi connectivity index (χ3v) is 4.05. The molecular formula is C16H18N4O3. The van der Waals surface area contributed by atoms with E-state index in [0.29, 0.717) is 31.1 Å². The van der Waals surface area contributed by atoms with E-state index < -0.39 is 0 Å².